The summed E-state index contributed by atoms with van der Waals surface area (Å²) in [6, 6.07) is 26.6. The van der Waals surface area contributed by atoms with Crippen LogP contribution in [0.25, 0.3) is 22.2 Å². The van der Waals surface area contributed by atoms with E-state index in [-0.39, 0.29) is 35.7 Å². The number of esters is 1. The number of rotatable bonds is 13. The maximum absolute atomic E-state index is 14.5. The summed E-state index contributed by atoms with van der Waals surface area (Å²) in [4.78, 5) is 44.3. The summed E-state index contributed by atoms with van der Waals surface area (Å²) in [7, 11) is 0. The molecule has 0 radical (unpaired) electrons. The third-order valence-corrected chi connectivity index (χ3v) is 8.32. The molecule has 5 rings (SSSR count). The molecule has 0 aliphatic rings. The van der Waals surface area contributed by atoms with Gasteiger partial charge in [-0.25, -0.2) is 9.78 Å². The van der Waals surface area contributed by atoms with Crippen LogP contribution < -0.4 is 20.9 Å². The molecule has 9 nitrogen and oxygen atoms in total. The number of ether oxygens (including phenoxy) is 2. The van der Waals surface area contributed by atoms with Crippen LogP contribution in [0.2, 0.25) is 0 Å². The van der Waals surface area contributed by atoms with E-state index in [0.717, 1.165) is 22.4 Å². The van der Waals surface area contributed by atoms with E-state index in [0.29, 0.717) is 53.9 Å². The predicted octanol–water partition coefficient (Wildman–Crippen LogP) is 8.53. The van der Waals surface area contributed by atoms with Gasteiger partial charge < -0.3 is 20.1 Å². The zero-order chi connectivity index (χ0) is 34.9. The highest BCUT2D eigenvalue weighted by molar-refractivity contribution is 6.07. The van der Waals surface area contributed by atoms with Gasteiger partial charge in [0.15, 0.2) is 0 Å². The average Bonchev–Trinajstić information content (AvgIpc) is 3.08. The van der Waals surface area contributed by atoms with Crippen molar-refractivity contribution in [3.8, 4) is 16.9 Å². The molecule has 0 fully saturated rings. The molecule has 49 heavy (non-hydrogen) atoms. The minimum atomic E-state index is -0.510. The van der Waals surface area contributed by atoms with Crippen LogP contribution in [0.15, 0.2) is 95.9 Å². The van der Waals surface area contributed by atoms with Gasteiger partial charge in [-0.05, 0) is 64.8 Å². The van der Waals surface area contributed by atoms with Gasteiger partial charge in [0.25, 0.3) is 5.56 Å². The first kappa shape index (κ1) is 34.9. The lowest BCUT2D eigenvalue weighted by molar-refractivity contribution is -0.141. The van der Waals surface area contributed by atoms with E-state index in [1.807, 2.05) is 84.9 Å². The van der Waals surface area contributed by atoms with Crippen LogP contribution in [-0.4, -0.2) is 34.8 Å². The van der Waals surface area contributed by atoms with Crippen LogP contribution >= 0.6 is 0 Å². The van der Waals surface area contributed by atoms with Crippen LogP contribution in [0.3, 0.4) is 0 Å². The van der Waals surface area contributed by atoms with Gasteiger partial charge in [0.2, 0.25) is 0 Å². The van der Waals surface area contributed by atoms with Gasteiger partial charge >= 0.3 is 12.0 Å². The van der Waals surface area contributed by atoms with Crippen molar-refractivity contribution in [1.29, 1.82) is 0 Å². The van der Waals surface area contributed by atoms with Crippen LogP contribution in [0.5, 0.6) is 5.75 Å². The molecule has 0 atom stereocenters. The number of fused-ring (bicyclic) bond motifs is 1. The van der Waals surface area contributed by atoms with E-state index < -0.39 is 6.03 Å². The fourth-order valence-corrected chi connectivity index (χ4v) is 5.95. The van der Waals surface area contributed by atoms with E-state index in [1.54, 1.807) is 10.8 Å². The molecular formula is C40H44N4O5. The molecule has 5 aromatic rings. The smallest absolute Gasteiger partial charge is 0.323 e. The monoisotopic (exact) mass is 660 g/mol. The number of anilines is 2. The van der Waals surface area contributed by atoms with Gasteiger partial charge in [-0.1, -0.05) is 88.4 Å². The molecule has 0 saturated carbocycles. The lowest BCUT2D eigenvalue weighted by Crippen LogP contribution is -2.30. The zero-order valence-corrected chi connectivity index (χ0v) is 28.8. The second-order valence-electron chi connectivity index (χ2n) is 12.6. The Morgan fingerprint density at radius 2 is 1.51 bits per heavy atom. The Balaban J connectivity index is 1.59. The highest BCUT2D eigenvalue weighted by Gasteiger charge is 2.23. The zero-order valence-electron chi connectivity index (χ0n) is 28.8. The maximum Gasteiger partial charge on any atom is 0.323 e. The SMILES string of the molecule is CC(=O)OCCCOc1cccc(-c2c(NC(=O)Nc3c(C(C)C)cccc3C(C)C)c(=O)n(CCc3ccccc3)c3ncccc23)c1. The van der Waals surface area contributed by atoms with Crippen molar-refractivity contribution in [3.05, 3.63) is 118 Å². The summed E-state index contributed by atoms with van der Waals surface area (Å²) in [5.74, 6) is 0.582. The fourth-order valence-electron chi connectivity index (χ4n) is 5.95. The molecular weight excluding hydrogens is 616 g/mol. The number of carbonyl (C=O) groups excluding carboxylic acids is 2. The molecule has 2 heterocycles. The molecule has 2 aromatic heterocycles. The first-order chi connectivity index (χ1) is 23.6. The minimum Gasteiger partial charge on any atom is -0.493 e. The molecule has 0 aliphatic carbocycles. The quantitative estimate of drug-likeness (QED) is 0.0967. The predicted molar refractivity (Wildman–Crippen MR) is 196 cm³/mol. The van der Waals surface area contributed by atoms with Crippen molar-refractivity contribution in [3.63, 3.8) is 0 Å². The third-order valence-electron chi connectivity index (χ3n) is 8.32. The number of benzene rings is 3. The molecule has 254 valence electrons. The van der Waals surface area contributed by atoms with Gasteiger partial charge in [0, 0.05) is 42.7 Å². The van der Waals surface area contributed by atoms with Crippen molar-refractivity contribution in [2.45, 2.75) is 65.8 Å². The Bertz CT molecular complexity index is 1960. The Labute approximate surface area is 287 Å². The van der Waals surface area contributed by atoms with Crippen molar-refractivity contribution in [2.75, 3.05) is 23.8 Å². The van der Waals surface area contributed by atoms with Crippen LogP contribution in [0.4, 0.5) is 16.2 Å². The molecule has 2 amide bonds. The number of para-hydroxylation sites is 1. The summed E-state index contributed by atoms with van der Waals surface area (Å²) >= 11 is 0. The number of carbonyl (C=O) groups is 2. The molecule has 0 spiro atoms. The Morgan fingerprint density at radius 1 is 0.816 bits per heavy atom. The first-order valence-electron chi connectivity index (χ1n) is 16.8. The van der Waals surface area contributed by atoms with Gasteiger partial charge in [-0.3, -0.25) is 14.2 Å². The summed E-state index contributed by atoms with van der Waals surface area (Å²) in [6.45, 7) is 10.7. The average molecular weight is 661 g/mol. The largest absolute Gasteiger partial charge is 0.493 e. The summed E-state index contributed by atoms with van der Waals surface area (Å²) < 4.78 is 12.6. The maximum atomic E-state index is 14.5. The minimum absolute atomic E-state index is 0.145. The van der Waals surface area contributed by atoms with E-state index >= 15 is 0 Å². The number of aromatic nitrogens is 2. The lowest BCUT2D eigenvalue weighted by Gasteiger charge is -2.22. The van der Waals surface area contributed by atoms with Crippen LogP contribution in [0, 0.1) is 0 Å². The van der Waals surface area contributed by atoms with Crippen LogP contribution in [-0.2, 0) is 22.5 Å². The topological polar surface area (TPSA) is 112 Å². The summed E-state index contributed by atoms with van der Waals surface area (Å²) in [6.07, 6.45) is 2.80. The Kier molecular flexibility index (Phi) is 11.5. The Morgan fingerprint density at radius 3 is 2.20 bits per heavy atom. The first-order valence-corrected chi connectivity index (χ1v) is 16.8. The second-order valence-corrected chi connectivity index (χ2v) is 12.6. The molecule has 3 aromatic carbocycles. The number of hydrogen-bond acceptors (Lipinski definition) is 6. The molecule has 0 bridgehead atoms. The third kappa shape index (κ3) is 8.54. The van der Waals surface area contributed by atoms with Crippen molar-refractivity contribution in [1.82, 2.24) is 9.55 Å². The number of pyridine rings is 2. The van der Waals surface area contributed by atoms with Gasteiger partial charge in [0.1, 0.15) is 17.1 Å². The number of nitrogens with one attached hydrogen (secondary N) is 2. The van der Waals surface area contributed by atoms with Gasteiger partial charge in [-0.2, -0.15) is 0 Å². The number of urea groups is 1. The van der Waals surface area contributed by atoms with E-state index in [1.165, 1.54) is 6.92 Å². The second kappa shape index (κ2) is 16.1. The van der Waals surface area contributed by atoms with Gasteiger partial charge in [-0.15, -0.1) is 0 Å². The number of nitrogens with zero attached hydrogens (tertiary/aromatic N) is 2. The summed E-state index contributed by atoms with van der Waals surface area (Å²) in [5.41, 5.74) is 5.40. The van der Waals surface area contributed by atoms with Gasteiger partial charge in [0.05, 0.1) is 13.2 Å². The molecule has 0 aliphatic heterocycles. The molecule has 2 N–H and O–H groups in total. The number of amides is 2. The van der Waals surface area contributed by atoms with E-state index in [9.17, 15) is 14.4 Å². The fraction of sp³-hybridized carbons (Fsp3) is 0.300. The number of aryl methyl sites for hydroxylation is 2. The Hall–Kier alpha value is -5.44. The van der Waals surface area contributed by atoms with E-state index in [4.69, 9.17) is 9.47 Å². The molecule has 0 saturated heterocycles. The van der Waals surface area contributed by atoms with Crippen LogP contribution in [0.1, 0.15) is 69.6 Å². The van der Waals surface area contributed by atoms with Crippen molar-refractivity contribution in [2.24, 2.45) is 0 Å². The standard InChI is InChI=1S/C40H44N4O5/c1-26(2)32-17-10-18-33(27(3)4)36(32)42-40(47)43-37-35(30-15-9-16-31(25-30)49-24-12-23-48-28(5)45)34-19-11-21-41-38(34)44(39(37)46)22-20-29-13-7-6-8-14-29/h6-11,13-19,21,25-27H,12,20,22-24H2,1-5H3,(H2,42,43,47). The number of hydrogen-bond donors (Lipinski definition) is 2. The molecule has 0 unspecified atom stereocenters. The highest BCUT2D eigenvalue weighted by Crippen LogP contribution is 2.36. The summed E-state index contributed by atoms with van der Waals surface area (Å²) in [5, 5.41) is 6.80. The normalized spacial score (nSPS) is 11.2. The van der Waals surface area contributed by atoms with Crippen molar-refractivity contribution < 1.29 is 19.1 Å². The van der Waals surface area contributed by atoms with E-state index in [2.05, 4.69) is 43.3 Å². The van der Waals surface area contributed by atoms with Crippen molar-refractivity contribution >= 4 is 34.4 Å². The lowest BCUT2D eigenvalue weighted by atomic mass is 9.93. The molecule has 9 heteroatoms. The highest BCUT2D eigenvalue weighted by atomic mass is 16.5.